The fraction of sp³-hybridized carbons (Fsp3) is 0.600. The highest BCUT2D eigenvalue weighted by Gasteiger charge is 2.38. The minimum absolute atomic E-state index is 0.112. The Labute approximate surface area is 167 Å². The van der Waals surface area contributed by atoms with Crippen molar-refractivity contribution in [2.45, 2.75) is 32.4 Å². The van der Waals surface area contributed by atoms with Gasteiger partial charge in [0.1, 0.15) is 15.9 Å². The maximum Gasteiger partial charge on any atom is 0.255 e. The van der Waals surface area contributed by atoms with Crippen LogP contribution in [-0.2, 0) is 21.2 Å². The Kier molecular flexibility index (Phi) is 6.40. The molecule has 3 rings (SSSR count). The van der Waals surface area contributed by atoms with Gasteiger partial charge in [0.25, 0.3) is 5.91 Å². The van der Waals surface area contributed by atoms with Gasteiger partial charge in [-0.15, -0.1) is 0 Å². The van der Waals surface area contributed by atoms with E-state index in [-0.39, 0.29) is 24.0 Å². The van der Waals surface area contributed by atoms with Crippen molar-refractivity contribution in [3.63, 3.8) is 0 Å². The summed E-state index contributed by atoms with van der Waals surface area (Å²) in [5, 5.41) is 0. The number of carbonyl (C=O) groups excluding carboxylic acids is 2. The number of fused-ring (bicyclic) bond motifs is 1. The Bertz CT molecular complexity index is 832. The highest BCUT2D eigenvalue weighted by atomic mass is 32.2. The molecule has 0 saturated carbocycles. The average molecular weight is 408 g/mol. The molecule has 1 atom stereocenters. The van der Waals surface area contributed by atoms with Crippen molar-refractivity contribution in [3.8, 4) is 0 Å². The third-order valence-electron chi connectivity index (χ3n) is 5.50. The number of rotatable bonds is 7. The van der Waals surface area contributed by atoms with Gasteiger partial charge in [-0.2, -0.15) is 0 Å². The molecule has 28 heavy (non-hydrogen) atoms. The Morgan fingerprint density at radius 1 is 1.14 bits per heavy atom. The molecule has 154 valence electrons. The van der Waals surface area contributed by atoms with E-state index in [1.807, 2.05) is 12.1 Å². The molecular weight excluding hydrogens is 378 g/mol. The van der Waals surface area contributed by atoms with Crippen LogP contribution in [0.2, 0.25) is 0 Å². The van der Waals surface area contributed by atoms with Gasteiger partial charge in [-0.1, -0.05) is 25.1 Å². The predicted molar refractivity (Wildman–Crippen MR) is 108 cm³/mol. The first-order valence-electron chi connectivity index (χ1n) is 9.88. The molecule has 1 saturated heterocycles. The third-order valence-corrected chi connectivity index (χ3v) is 6.47. The maximum atomic E-state index is 13.3. The molecule has 0 unspecified atom stereocenters. The van der Waals surface area contributed by atoms with E-state index in [0.29, 0.717) is 25.2 Å². The van der Waals surface area contributed by atoms with Gasteiger partial charge in [0.05, 0.1) is 5.75 Å². The number of amides is 2. The van der Waals surface area contributed by atoms with Gasteiger partial charge in [0.2, 0.25) is 5.91 Å². The van der Waals surface area contributed by atoms with Gasteiger partial charge in [0.15, 0.2) is 0 Å². The second kappa shape index (κ2) is 8.61. The standard InChI is InChI=1S/C20H29N3O4S/c1-3-9-21-10-12-22(13-11-21)20(25)18(8-14-28(2,26)27)23-15-16-6-4-5-7-17(16)19(23)24/h4-7,18H,3,8-15H2,1-2H3/t18-/m1/s1. The molecule has 1 fully saturated rings. The summed E-state index contributed by atoms with van der Waals surface area (Å²) in [5.41, 5.74) is 1.49. The van der Waals surface area contributed by atoms with Crippen LogP contribution in [0.25, 0.3) is 0 Å². The van der Waals surface area contributed by atoms with E-state index < -0.39 is 15.9 Å². The van der Waals surface area contributed by atoms with Gasteiger partial charge in [-0.25, -0.2) is 8.42 Å². The van der Waals surface area contributed by atoms with E-state index in [1.165, 1.54) is 6.26 Å². The summed E-state index contributed by atoms with van der Waals surface area (Å²) in [4.78, 5) is 31.8. The minimum atomic E-state index is -3.23. The van der Waals surface area contributed by atoms with Crippen molar-refractivity contribution in [2.24, 2.45) is 0 Å². The van der Waals surface area contributed by atoms with E-state index in [2.05, 4.69) is 11.8 Å². The van der Waals surface area contributed by atoms with E-state index in [4.69, 9.17) is 0 Å². The number of sulfone groups is 1. The van der Waals surface area contributed by atoms with Crippen molar-refractivity contribution < 1.29 is 18.0 Å². The second-order valence-corrected chi connectivity index (χ2v) is 9.95. The van der Waals surface area contributed by atoms with Crippen molar-refractivity contribution in [2.75, 3.05) is 44.7 Å². The van der Waals surface area contributed by atoms with Crippen LogP contribution in [-0.4, -0.2) is 85.7 Å². The quantitative estimate of drug-likeness (QED) is 0.674. The molecule has 0 radical (unpaired) electrons. The van der Waals surface area contributed by atoms with Crippen LogP contribution in [0.3, 0.4) is 0 Å². The zero-order valence-electron chi connectivity index (χ0n) is 16.6. The van der Waals surface area contributed by atoms with Crippen molar-refractivity contribution in [1.82, 2.24) is 14.7 Å². The number of hydrogen-bond acceptors (Lipinski definition) is 5. The highest BCUT2D eigenvalue weighted by molar-refractivity contribution is 7.90. The first-order valence-corrected chi connectivity index (χ1v) is 11.9. The first kappa shape index (κ1) is 20.8. The largest absolute Gasteiger partial charge is 0.338 e. The summed E-state index contributed by atoms with van der Waals surface area (Å²) in [7, 11) is -3.23. The summed E-state index contributed by atoms with van der Waals surface area (Å²) in [6.45, 7) is 6.35. The Balaban J connectivity index is 1.76. The minimum Gasteiger partial charge on any atom is -0.338 e. The molecule has 2 aliphatic heterocycles. The average Bonchev–Trinajstić information content (AvgIpc) is 2.99. The SMILES string of the molecule is CCCN1CCN(C(=O)[C@@H](CCS(C)(=O)=O)N2Cc3ccccc3C2=O)CC1. The topological polar surface area (TPSA) is 78.0 Å². The van der Waals surface area contributed by atoms with E-state index in [0.717, 1.165) is 31.6 Å². The molecule has 2 aliphatic rings. The lowest BCUT2D eigenvalue weighted by molar-refractivity contribution is -0.138. The maximum absolute atomic E-state index is 13.3. The molecule has 0 aromatic heterocycles. The molecule has 2 amide bonds. The van der Waals surface area contributed by atoms with Crippen LogP contribution in [0.15, 0.2) is 24.3 Å². The van der Waals surface area contributed by atoms with Crippen LogP contribution >= 0.6 is 0 Å². The van der Waals surface area contributed by atoms with E-state index in [1.54, 1.807) is 21.9 Å². The Hall–Kier alpha value is -1.93. The molecular formula is C20H29N3O4S. The summed E-state index contributed by atoms with van der Waals surface area (Å²) >= 11 is 0. The number of benzene rings is 1. The molecule has 0 aliphatic carbocycles. The normalized spacial score (nSPS) is 19.0. The summed E-state index contributed by atoms with van der Waals surface area (Å²) in [6.07, 6.45) is 2.37. The van der Waals surface area contributed by atoms with Gasteiger partial charge >= 0.3 is 0 Å². The zero-order valence-corrected chi connectivity index (χ0v) is 17.5. The molecule has 0 spiro atoms. The first-order chi connectivity index (χ1) is 13.3. The van der Waals surface area contributed by atoms with Crippen LogP contribution in [0.4, 0.5) is 0 Å². The van der Waals surface area contributed by atoms with Crippen LogP contribution in [0.5, 0.6) is 0 Å². The van der Waals surface area contributed by atoms with Gasteiger partial charge in [-0.05, 0) is 31.0 Å². The lowest BCUT2D eigenvalue weighted by Crippen LogP contribution is -2.55. The monoisotopic (exact) mass is 407 g/mol. The molecule has 0 N–H and O–H groups in total. The van der Waals surface area contributed by atoms with Gasteiger partial charge < -0.3 is 9.80 Å². The predicted octanol–water partition coefficient (Wildman–Crippen LogP) is 1.000. The lowest BCUT2D eigenvalue weighted by Gasteiger charge is -2.38. The number of carbonyl (C=O) groups is 2. The van der Waals surface area contributed by atoms with Crippen LogP contribution in [0, 0.1) is 0 Å². The smallest absolute Gasteiger partial charge is 0.255 e. The van der Waals surface area contributed by atoms with E-state index in [9.17, 15) is 18.0 Å². The molecule has 7 nitrogen and oxygen atoms in total. The molecule has 2 heterocycles. The summed E-state index contributed by atoms with van der Waals surface area (Å²) < 4.78 is 23.5. The fourth-order valence-corrected chi connectivity index (χ4v) is 4.64. The van der Waals surface area contributed by atoms with Crippen molar-refractivity contribution in [1.29, 1.82) is 0 Å². The molecule has 8 heteroatoms. The van der Waals surface area contributed by atoms with Gasteiger partial charge in [-0.3, -0.25) is 14.5 Å². The van der Waals surface area contributed by atoms with Gasteiger partial charge in [0, 0.05) is 44.5 Å². The second-order valence-electron chi connectivity index (χ2n) is 7.69. The highest BCUT2D eigenvalue weighted by Crippen LogP contribution is 2.26. The zero-order chi connectivity index (χ0) is 20.3. The number of nitrogens with zero attached hydrogens (tertiary/aromatic N) is 3. The van der Waals surface area contributed by atoms with Crippen LogP contribution in [0.1, 0.15) is 35.7 Å². The number of piperazine rings is 1. The molecule has 1 aromatic carbocycles. The Morgan fingerprint density at radius 2 is 1.82 bits per heavy atom. The third kappa shape index (κ3) is 4.72. The van der Waals surface area contributed by atoms with Crippen molar-refractivity contribution >= 4 is 21.7 Å². The van der Waals surface area contributed by atoms with E-state index >= 15 is 0 Å². The molecule has 0 bridgehead atoms. The Morgan fingerprint density at radius 3 is 2.43 bits per heavy atom. The molecule has 1 aromatic rings. The summed E-state index contributed by atoms with van der Waals surface area (Å²) in [5.74, 6) is -0.438. The summed E-state index contributed by atoms with van der Waals surface area (Å²) in [6, 6.07) is 6.58. The fourth-order valence-electron chi connectivity index (χ4n) is 3.99. The lowest BCUT2D eigenvalue weighted by atomic mass is 10.1. The van der Waals surface area contributed by atoms with Crippen LogP contribution < -0.4 is 0 Å². The number of hydrogen-bond donors (Lipinski definition) is 0. The van der Waals surface area contributed by atoms with Crippen molar-refractivity contribution in [3.05, 3.63) is 35.4 Å².